The number of likely N-dealkylation sites (tertiary alicyclic amines) is 1. The Morgan fingerprint density at radius 2 is 1.88 bits per heavy atom. The first kappa shape index (κ1) is 18.5. The number of furan rings is 1. The summed E-state index contributed by atoms with van der Waals surface area (Å²) in [6.45, 7) is 7.75. The van der Waals surface area contributed by atoms with E-state index in [1.54, 1.807) is 0 Å². The number of rotatable bonds is 3. The maximum absolute atomic E-state index is 6.20. The highest BCUT2D eigenvalue weighted by atomic mass is 16.5. The SMILES string of the molecule is CN1CCC2(CC1)CN(Cc1ccc([C@@H]3CCCCO3)o1)CCCN2C. The van der Waals surface area contributed by atoms with Crippen molar-refractivity contribution in [1.29, 1.82) is 0 Å². The minimum Gasteiger partial charge on any atom is -0.462 e. The van der Waals surface area contributed by atoms with E-state index in [0.29, 0.717) is 5.54 Å². The molecule has 4 heterocycles. The predicted molar refractivity (Wildman–Crippen MR) is 103 cm³/mol. The van der Waals surface area contributed by atoms with E-state index in [0.717, 1.165) is 44.2 Å². The molecule has 3 saturated heterocycles. The van der Waals surface area contributed by atoms with Crippen LogP contribution in [0.5, 0.6) is 0 Å². The second-order valence-electron chi connectivity index (χ2n) is 8.67. The molecule has 5 nitrogen and oxygen atoms in total. The summed E-state index contributed by atoms with van der Waals surface area (Å²) < 4.78 is 12.1. The fourth-order valence-electron chi connectivity index (χ4n) is 4.93. The second-order valence-corrected chi connectivity index (χ2v) is 8.67. The van der Waals surface area contributed by atoms with Gasteiger partial charge >= 0.3 is 0 Å². The van der Waals surface area contributed by atoms with E-state index in [1.807, 2.05) is 0 Å². The third-order valence-electron chi connectivity index (χ3n) is 6.77. The zero-order valence-electron chi connectivity index (χ0n) is 16.6. The Bertz CT molecular complexity index is 574. The van der Waals surface area contributed by atoms with Crippen LogP contribution >= 0.6 is 0 Å². The molecule has 4 rings (SSSR count). The van der Waals surface area contributed by atoms with Crippen molar-refractivity contribution in [3.8, 4) is 0 Å². The van der Waals surface area contributed by atoms with Crippen LogP contribution in [0.4, 0.5) is 0 Å². The molecule has 1 atom stereocenters. The van der Waals surface area contributed by atoms with Gasteiger partial charge in [0.15, 0.2) is 0 Å². The Balaban J connectivity index is 1.41. The maximum atomic E-state index is 6.20. The Hall–Kier alpha value is -0.880. The van der Waals surface area contributed by atoms with E-state index < -0.39 is 0 Å². The van der Waals surface area contributed by atoms with Gasteiger partial charge in [-0.15, -0.1) is 0 Å². The molecule has 1 spiro atoms. The Labute approximate surface area is 158 Å². The maximum Gasteiger partial charge on any atom is 0.133 e. The monoisotopic (exact) mass is 361 g/mol. The average molecular weight is 362 g/mol. The first-order valence-electron chi connectivity index (χ1n) is 10.5. The van der Waals surface area contributed by atoms with Gasteiger partial charge in [0.25, 0.3) is 0 Å². The van der Waals surface area contributed by atoms with E-state index in [9.17, 15) is 0 Å². The number of hydrogen-bond acceptors (Lipinski definition) is 5. The third kappa shape index (κ3) is 4.01. The topological polar surface area (TPSA) is 32.1 Å². The van der Waals surface area contributed by atoms with Gasteiger partial charge in [-0.1, -0.05) is 0 Å². The van der Waals surface area contributed by atoms with Gasteiger partial charge in [-0.2, -0.15) is 0 Å². The minimum atomic E-state index is 0.174. The van der Waals surface area contributed by atoms with Crippen LogP contribution in [-0.2, 0) is 11.3 Å². The van der Waals surface area contributed by atoms with E-state index in [1.165, 1.54) is 51.7 Å². The lowest BCUT2D eigenvalue weighted by atomic mass is 9.85. The fraction of sp³-hybridized carbons (Fsp3) is 0.810. The summed E-state index contributed by atoms with van der Waals surface area (Å²) in [7, 11) is 4.58. The molecule has 0 bridgehead atoms. The predicted octanol–water partition coefficient (Wildman–Crippen LogP) is 3.12. The van der Waals surface area contributed by atoms with Crippen LogP contribution in [0.15, 0.2) is 16.5 Å². The van der Waals surface area contributed by atoms with Crippen LogP contribution in [0, 0.1) is 0 Å². The lowest BCUT2D eigenvalue weighted by Crippen LogP contribution is -2.57. The number of likely N-dealkylation sites (N-methyl/N-ethyl adjacent to an activating group) is 1. The van der Waals surface area contributed by atoms with Crippen LogP contribution in [-0.4, -0.2) is 73.7 Å². The van der Waals surface area contributed by atoms with Crippen LogP contribution in [0.3, 0.4) is 0 Å². The molecule has 1 aromatic heterocycles. The fourth-order valence-corrected chi connectivity index (χ4v) is 4.93. The summed E-state index contributed by atoms with van der Waals surface area (Å²) in [5, 5.41) is 0. The molecule has 26 heavy (non-hydrogen) atoms. The molecule has 3 aliphatic rings. The van der Waals surface area contributed by atoms with Gasteiger partial charge in [0.05, 0.1) is 6.54 Å². The number of ether oxygens (including phenoxy) is 1. The molecule has 0 aromatic carbocycles. The number of hydrogen-bond donors (Lipinski definition) is 0. The van der Waals surface area contributed by atoms with Gasteiger partial charge in [-0.25, -0.2) is 0 Å². The number of nitrogens with zero attached hydrogens (tertiary/aromatic N) is 3. The molecule has 0 aliphatic carbocycles. The lowest BCUT2D eigenvalue weighted by molar-refractivity contribution is 0.000333. The molecule has 146 valence electrons. The van der Waals surface area contributed by atoms with Crippen LogP contribution < -0.4 is 0 Å². The summed E-state index contributed by atoms with van der Waals surface area (Å²) in [6, 6.07) is 4.31. The van der Waals surface area contributed by atoms with Gasteiger partial charge in [0.1, 0.15) is 17.6 Å². The van der Waals surface area contributed by atoms with E-state index in [4.69, 9.17) is 9.15 Å². The largest absolute Gasteiger partial charge is 0.462 e. The van der Waals surface area contributed by atoms with E-state index >= 15 is 0 Å². The molecule has 0 amide bonds. The molecule has 3 aliphatic heterocycles. The third-order valence-corrected chi connectivity index (χ3v) is 6.77. The summed E-state index contributed by atoms with van der Waals surface area (Å²) in [4.78, 5) is 7.74. The zero-order valence-corrected chi connectivity index (χ0v) is 16.6. The highest BCUT2D eigenvalue weighted by Gasteiger charge is 2.40. The average Bonchev–Trinajstić information content (AvgIpc) is 3.07. The summed E-state index contributed by atoms with van der Waals surface area (Å²) in [5.74, 6) is 2.13. The van der Waals surface area contributed by atoms with Gasteiger partial charge in [0, 0.05) is 18.7 Å². The summed E-state index contributed by atoms with van der Waals surface area (Å²) >= 11 is 0. The molecule has 0 radical (unpaired) electrons. The molecular weight excluding hydrogens is 326 g/mol. The molecule has 0 N–H and O–H groups in total. The Morgan fingerprint density at radius 3 is 2.65 bits per heavy atom. The summed E-state index contributed by atoms with van der Waals surface area (Å²) in [5.41, 5.74) is 0.338. The van der Waals surface area contributed by atoms with E-state index in [2.05, 4.69) is 40.9 Å². The molecule has 0 unspecified atom stereocenters. The van der Waals surface area contributed by atoms with Gasteiger partial charge in [-0.05, 0) is 90.9 Å². The molecule has 3 fully saturated rings. The van der Waals surface area contributed by atoms with Crippen molar-refractivity contribution in [3.63, 3.8) is 0 Å². The second kappa shape index (κ2) is 8.01. The lowest BCUT2D eigenvalue weighted by Gasteiger charge is -2.47. The van der Waals surface area contributed by atoms with Crippen molar-refractivity contribution in [3.05, 3.63) is 23.7 Å². The highest BCUT2D eigenvalue weighted by Crippen LogP contribution is 2.33. The highest BCUT2D eigenvalue weighted by molar-refractivity contribution is 5.10. The van der Waals surface area contributed by atoms with Crippen molar-refractivity contribution in [2.45, 2.75) is 56.7 Å². The molecular formula is C21H35N3O2. The first-order chi connectivity index (χ1) is 12.6. The normalized spacial score (nSPS) is 29.1. The van der Waals surface area contributed by atoms with Crippen LogP contribution in [0.25, 0.3) is 0 Å². The van der Waals surface area contributed by atoms with Crippen molar-refractivity contribution in [1.82, 2.24) is 14.7 Å². The molecule has 5 heteroatoms. The van der Waals surface area contributed by atoms with Gasteiger partial charge in [-0.3, -0.25) is 9.80 Å². The quantitative estimate of drug-likeness (QED) is 0.826. The zero-order chi connectivity index (χ0) is 18.0. The van der Waals surface area contributed by atoms with Crippen molar-refractivity contribution < 1.29 is 9.15 Å². The van der Waals surface area contributed by atoms with Crippen LogP contribution in [0.2, 0.25) is 0 Å². The van der Waals surface area contributed by atoms with Crippen LogP contribution in [0.1, 0.15) is 56.1 Å². The first-order valence-corrected chi connectivity index (χ1v) is 10.5. The van der Waals surface area contributed by atoms with Crippen molar-refractivity contribution in [2.24, 2.45) is 0 Å². The standard InChI is InChI=1S/C21H35N3O2/c1-22-13-9-21(10-14-22)17-24(12-5-11-23(21)2)16-18-7-8-20(26-18)19-6-3-4-15-25-19/h7-8,19H,3-6,9-17H2,1-2H3/t19-/m0/s1. The molecule has 0 saturated carbocycles. The minimum absolute atomic E-state index is 0.174. The Morgan fingerprint density at radius 1 is 1.04 bits per heavy atom. The molecule has 1 aromatic rings. The number of piperidine rings is 1. The Kier molecular flexibility index (Phi) is 5.69. The van der Waals surface area contributed by atoms with Crippen molar-refractivity contribution in [2.75, 3.05) is 53.4 Å². The van der Waals surface area contributed by atoms with E-state index in [-0.39, 0.29) is 6.10 Å². The van der Waals surface area contributed by atoms with Crippen molar-refractivity contribution >= 4 is 0 Å². The summed E-state index contributed by atoms with van der Waals surface area (Å²) in [6.07, 6.45) is 7.49. The smallest absolute Gasteiger partial charge is 0.133 e. The van der Waals surface area contributed by atoms with Gasteiger partial charge in [0.2, 0.25) is 0 Å². The van der Waals surface area contributed by atoms with Gasteiger partial charge < -0.3 is 14.1 Å².